The lowest BCUT2D eigenvalue weighted by molar-refractivity contribution is -0.139. The van der Waals surface area contributed by atoms with Gasteiger partial charge in [-0.2, -0.15) is 0 Å². The normalized spacial score (nSPS) is 11.7. The number of rotatable bonds is 6. The van der Waals surface area contributed by atoms with E-state index in [0.717, 1.165) is 0 Å². The summed E-state index contributed by atoms with van der Waals surface area (Å²) in [5, 5.41) is 0.151. The number of benzene rings is 1. The predicted molar refractivity (Wildman–Crippen MR) is 79.0 cm³/mol. The first-order valence-electron chi connectivity index (χ1n) is 5.71. The number of ether oxygens (including phenoxy) is 4. The van der Waals surface area contributed by atoms with Crippen LogP contribution in [-0.4, -0.2) is 40.1 Å². The zero-order chi connectivity index (χ0) is 16.0. The fourth-order valence-corrected chi connectivity index (χ4v) is 2.35. The summed E-state index contributed by atoms with van der Waals surface area (Å²) in [6.07, 6.45) is 0. The lowest BCUT2D eigenvalue weighted by Crippen LogP contribution is -2.13. The van der Waals surface area contributed by atoms with E-state index in [2.05, 4.69) is 25.4 Å². The Morgan fingerprint density at radius 1 is 1.24 bits per heavy atom. The van der Waals surface area contributed by atoms with Gasteiger partial charge in [-0.3, -0.25) is 4.79 Å². The summed E-state index contributed by atoms with van der Waals surface area (Å²) in [5.41, 5.74) is 0.530. The minimum absolute atomic E-state index is 0.0643. The van der Waals surface area contributed by atoms with E-state index in [4.69, 9.17) is 21.1 Å². The van der Waals surface area contributed by atoms with E-state index in [1.165, 1.54) is 33.5 Å². The number of esters is 2. The number of alkyl halides is 1. The standard InChI is InChI=1S/C13H14BrClO6/c1-18-6-21-11-8(10(14)13(17)20-3)4-7(5-9(11)15)12(16)19-2/h4-5,10H,6H2,1-3H3. The fraction of sp³-hybridized carbons (Fsp3) is 0.385. The van der Waals surface area contributed by atoms with Crippen molar-refractivity contribution in [3.63, 3.8) is 0 Å². The summed E-state index contributed by atoms with van der Waals surface area (Å²) >= 11 is 9.29. The lowest BCUT2D eigenvalue weighted by atomic mass is 10.1. The molecular formula is C13H14BrClO6. The molecule has 0 amide bonds. The van der Waals surface area contributed by atoms with E-state index < -0.39 is 16.8 Å². The van der Waals surface area contributed by atoms with E-state index in [0.29, 0.717) is 5.56 Å². The minimum atomic E-state index is -0.850. The van der Waals surface area contributed by atoms with Crippen molar-refractivity contribution in [1.29, 1.82) is 0 Å². The summed E-state index contributed by atoms with van der Waals surface area (Å²) < 4.78 is 19.5. The molecule has 0 aliphatic heterocycles. The van der Waals surface area contributed by atoms with Crippen LogP contribution in [-0.2, 0) is 19.0 Å². The highest BCUT2D eigenvalue weighted by molar-refractivity contribution is 9.09. The average Bonchev–Trinajstić information content (AvgIpc) is 2.50. The topological polar surface area (TPSA) is 71.1 Å². The average molecular weight is 382 g/mol. The van der Waals surface area contributed by atoms with Crippen LogP contribution in [0.4, 0.5) is 0 Å². The van der Waals surface area contributed by atoms with Gasteiger partial charge in [0.2, 0.25) is 0 Å². The number of carbonyl (C=O) groups excluding carboxylic acids is 2. The molecule has 1 aromatic rings. The maximum atomic E-state index is 11.7. The molecule has 0 radical (unpaired) electrons. The van der Waals surface area contributed by atoms with Crippen LogP contribution in [0.15, 0.2) is 12.1 Å². The molecule has 1 aromatic carbocycles. The minimum Gasteiger partial charge on any atom is -0.468 e. The molecule has 6 nitrogen and oxygen atoms in total. The molecular weight excluding hydrogens is 367 g/mol. The van der Waals surface area contributed by atoms with Crippen molar-refractivity contribution in [2.24, 2.45) is 0 Å². The highest BCUT2D eigenvalue weighted by Crippen LogP contribution is 2.38. The number of hydrogen-bond donors (Lipinski definition) is 0. The summed E-state index contributed by atoms with van der Waals surface area (Å²) in [4.78, 5) is 22.5. The van der Waals surface area contributed by atoms with E-state index in [9.17, 15) is 9.59 Å². The third-order valence-electron chi connectivity index (χ3n) is 2.50. The van der Waals surface area contributed by atoms with Gasteiger partial charge >= 0.3 is 11.9 Å². The summed E-state index contributed by atoms with van der Waals surface area (Å²) in [6.45, 7) is -0.0643. The van der Waals surface area contributed by atoms with Gasteiger partial charge in [0.1, 0.15) is 10.6 Å². The molecule has 0 bridgehead atoms. The number of halogens is 2. The molecule has 0 aromatic heterocycles. The van der Waals surface area contributed by atoms with Crippen LogP contribution in [0.1, 0.15) is 20.7 Å². The van der Waals surface area contributed by atoms with Gasteiger partial charge in [0.25, 0.3) is 0 Å². The van der Waals surface area contributed by atoms with Gasteiger partial charge in [-0.25, -0.2) is 4.79 Å². The van der Waals surface area contributed by atoms with Gasteiger partial charge in [-0.05, 0) is 12.1 Å². The Balaban J connectivity index is 3.35. The van der Waals surface area contributed by atoms with Gasteiger partial charge in [0.05, 0.1) is 24.8 Å². The van der Waals surface area contributed by atoms with Crippen molar-refractivity contribution in [1.82, 2.24) is 0 Å². The molecule has 0 spiro atoms. The van der Waals surface area contributed by atoms with Crippen molar-refractivity contribution < 1.29 is 28.5 Å². The van der Waals surface area contributed by atoms with Gasteiger partial charge in [0.15, 0.2) is 6.79 Å². The fourth-order valence-electron chi connectivity index (χ4n) is 1.54. The van der Waals surface area contributed by atoms with Crippen LogP contribution in [0.5, 0.6) is 5.75 Å². The third-order valence-corrected chi connectivity index (χ3v) is 3.64. The SMILES string of the molecule is COCOc1c(Cl)cc(C(=O)OC)cc1C(Br)C(=O)OC. The molecule has 8 heteroatoms. The molecule has 0 aliphatic rings. The van der Waals surface area contributed by atoms with Crippen LogP contribution in [0, 0.1) is 0 Å². The summed E-state index contributed by atoms with van der Waals surface area (Å²) in [5.74, 6) is -0.921. The first-order chi connectivity index (χ1) is 9.96. The van der Waals surface area contributed by atoms with Crippen LogP contribution >= 0.6 is 27.5 Å². The Labute approximate surface area is 135 Å². The first kappa shape index (κ1) is 17.7. The highest BCUT2D eigenvalue weighted by atomic mass is 79.9. The Morgan fingerprint density at radius 2 is 1.90 bits per heavy atom. The van der Waals surface area contributed by atoms with Crippen LogP contribution in [0.25, 0.3) is 0 Å². The summed E-state index contributed by atoms with van der Waals surface area (Å²) in [7, 11) is 3.94. The second-order valence-electron chi connectivity index (χ2n) is 3.80. The number of methoxy groups -OCH3 is 3. The summed E-state index contributed by atoms with van der Waals surface area (Å²) in [6, 6.07) is 2.83. The Morgan fingerprint density at radius 3 is 2.43 bits per heavy atom. The number of carbonyl (C=O) groups is 2. The molecule has 0 heterocycles. The quantitative estimate of drug-likeness (QED) is 0.429. The van der Waals surface area contributed by atoms with Crippen molar-refractivity contribution in [2.45, 2.75) is 4.83 Å². The maximum absolute atomic E-state index is 11.7. The van der Waals surface area contributed by atoms with Crippen molar-refractivity contribution in [3.05, 3.63) is 28.3 Å². The largest absolute Gasteiger partial charge is 0.468 e. The Hall–Kier alpha value is -1.31. The second-order valence-corrected chi connectivity index (χ2v) is 5.13. The Bertz CT molecular complexity index is 534. The molecule has 1 rings (SSSR count). The van der Waals surface area contributed by atoms with E-state index >= 15 is 0 Å². The van der Waals surface area contributed by atoms with Crippen molar-refractivity contribution >= 4 is 39.5 Å². The highest BCUT2D eigenvalue weighted by Gasteiger charge is 2.26. The second kappa shape index (κ2) is 8.21. The zero-order valence-corrected chi connectivity index (χ0v) is 14.0. The first-order valence-corrected chi connectivity index (χ1v) is 7.01. The Kier molecular flexibility index (Phi) is 6.94. The molecule has 21 heavy (non-hydrogen) atoms. The molecule has 0 saturated carbocycles. The van der Waals surface area contributed by atoms with E-state index in [1.54, 1.807) is 0 Å². The van der Waals surface area contributed by atoms with Crippen molar-refractivity contribution in [2.75, 3.05) is 28.1 Å². The van der Waals surface area contributed by atoms with Crippen LogP contribution in [0.3, 0.4) is 0 Å². The predicted octanol–water partition coefficient (Wildman–Crippen LogP) is 2.72. The third kappa shape index (κ3) is 4.33. The lowest BCUT2D eigenvalue weighted by Gasteiger charge is -2.16. The van der Waals surface area contributed by atoms with Gasteiger partial charge in [-0.15, -0.1) is 0 Å². The van der Waals surface area contributed by atoms with Gasteiger partial charge < -0.3 is 18.9 Å². The van der Waals surface area contributed by atoms with Gasteiger partial charge in [0, 0.05) is 12.7 Å². The smallest absolute Gasteiger partial charge is 0.337 e. The monoisotopic (exact) mass is 380 g/mol. The molecule has 116 valence electrons. The molecule has 1 unspecified atom stereocenters. The zero-order valence-electron chi connectivity index (χ0n) is 11.6. The van der Waals surface area contributed by atoms with Crippen molar-refractivity contribution in [3.8, 4) is 5.75 Å². The maximum Gasteiger partial charge on any atom is 0.337 e. The molecule has 0 fully saturated rings. The van der Waals surface area contributed by atoms with Crippen LogP contribution < -0.4 is 4.74 Å². The molecule has 0 aliphatic carbocycles. The van der Waals surface area contributed by atoms with Crippen LogP contribution in [0.2, 0.25) is 5.02 Å². The van der Waals surface area contributed by atoms with E-state index in [-0.39, 0.29) is 23.1 Å². The molecule has 0 saturated heterocycles. The molecule has 0 N–H and O–H groups in total. The number of hydrogen-bond acceptors (Lipinski definition) is 6. The molecule has 1 atom stereocenters. The van der Waals surface area contributed by atoms with Gasteiger partial charge in [-0.1, -0.05) is 27.5 Å². The van der Waals surface area contributed by atoms with E-state index in [1.807, 2.05) is 0 Å².